The minimum absolute atomic E-state index is 0.0656. The van der Waals surface area contributed by atoms with Gasteiger partial charge in [0.1, 0.15) is 23.9 Å². The van der Waals surface area contributed by atoms with Crippen LogP contribution >= 0.6 is 0 Å². The fraction of sp³-hybridized carbons (Fsp3) is 0.286. The van der Waals surface area contributed by atoms with Crippen molar-refractivity contribution >= 4 is 17.8 Å². The molecule has 1 atom stereocenters. The van der Waals surface area contributed by atoms with E-state index in [1.165, 1.54) is 12.5 Å². The maximum absolute atomic E-state index is 15.1. The van der Waals surface area contributed by atoms with E-state index in [-0.39, 0.29) is 23.2 Å². The lowest BCUT2D eigenvalue weighted by atomic mass is 9.98. The fourth-order valence-electron chi connectivity index (χ4n) is 3.28. The van der Waals surface area contributed by atoms with Gasteiger partial charge in [0.05, 0.1) is 23.6 Å². The van der Waals surface area contributed by atoms with Crippen LogP contribution in [0.2, 0.25) is 0 Å². The van der Waals surface area contributed by atoms with Crippen molar-refractivity contribution < 1.29 is 18.7 Å². The van der Waals surface area contributed by atoms with Crippen molar-refractivity contribution in [3.63, 3.8) is 0 Å². The monoisotopic (exact) mass is 468 g/mol. The first-order valence-corrected chi connectivity index (χ1v) is 11.4. The summed E-state index contributed by atoms with van der Waals surface area (Å²) in [5.41, 5.74) is 2.64. The van der Waals surface area contributed by atoms with Crippen LogP contribution in [0, 0.1) is 18.6 Å². The molecule has 0 aliphatic heterocycles. The van der Waals surface area contributed by atoms with Crippen LogP contribution in [-0.2, 0) is 4.79 Å². The minimum atomic E-state index is -0.709. The number of carbonyl (C=O) groups excluding carboxylic acids is 1. The summed E-state index contributed by atoms with van der Waals surface area (Å²) in [4.78, 5) is 15.3. The van der Waals surface area contributed by atoms with Crippen LogP contribution < -0.4 is 0 Å². The Morgan fingerprint density at radius 1 is 1.00 bits per heavy atom. The van der Waals surface area contributed by atoms with Crippen molar-refractivity contribution in [2.45, 2.75) is 47.0 Å². The van der Waals surface area contributed by atoms with Gasteiger partial charge in [-0.15, -0.1) is 0 Å². The topological polar surface area (TPSA) is 66.0 Å². The van der Waals surface area contributed by atoms with Crippen LogP contribution in [0.25, 0.3) is 22.2 Å². The Morgan fingerprint density at radius 2 is 1.56 bits per heavy atom. The quantitative estimate of drug-likeness (QED) is 0.333. The van der Waals surface area contributed by atoms with E-state index >= 15 is 4.39 Å². The number of imidazole rings is 1. The molecule has 1 unspecified atom stereocenters. The van der Waals surface area contributed by atoms with Crippen LogP contribution in [0.15, 0.2) is 60.7 Å². The van der Waals surface area contributed by atoms with Gasteiger partial charge in [-0.25, -0.2) is 13.8 Å². The third-order valence-corrected chi connectivity index (χ3v) is 4.74. The minimum Gasteiger partial charge on any atom is -0.395 e. The number of benzene rings is 3. The molecular weight excluding hydrogens is 434 g/mol. The number of halogens is 2. The number of hydrogen-bond donors (Lipinski definition) is 2. The molecule has 4 nitrogen and oxygen atoms in total. The molecule has 34 heavy (non-hydrogen) atoms. The Bertz CT molecular complexity index is 1130. The zero-order chi connectivity index (χ0) is 25.7. The van der Waals surface area contributed by atoms with Crippen molar-refractivity contribution in [1.82, 2.24) is 9.97 Å². The molecule has 1 aromatic heterocycles. The molecule has 0 amide bonds. The number of nitrogens with one attached hydrogen (secondary N) is 1. The van der Waals surface area contributed by atoms with Crippen LogP contribution in [-0.4, -0.2) is 28.5 Å². The van der Waals surface area contributed by atoms with Crippen molar-refractivity contribution in [2.24, 2.45) is 0 Å². The van der Waals surface area contributed by atoms with Crippen LogP contribution in [0.1, 0.15) is 57.0 Å². The number of H-pyrrole nitrogens is 1. The highest BCUT2D eigenvalue weighted by molar-refractivity contribution is 5.83. The number of aryl methyl sites for hydroxylation is 1. The second kappa shape index (κ2) is 14.7. The Labute approximate surface area is 200 Å². The summed E-state index contributed by atoms with van der Waals surface area (Å²) in [6.45, 7) is 12.0. The highest BCUT2D eigenvalue weighted by atomic mass is 19.1. The number of carbonyl (C=O) groups is 1. The summed E-state index contributed by atoms with van der Waals surface area (Å²) in [6.07, 6.45) is 1.25. The number of hydrogen-bond acceptors (Lipinski definition) is 3. The van der Waals surface area contributed by atoms with Crippen LogP contribution in [0.3, 0.4) is 0 Å². The number of aromatic nitrogens is 2. The molecule has 1 heterocycles. The largest absolute Gasteiger partial charge is 0.395 e. The first-order valence-electron chi connectivity index (χ1n) is 11.4. The second-order valence-corrected chi connectivity index (χ2v) is 7.28. The third-order valence-electron chi connectivity index (χ3n) is 4.74. The maximum atomic E-state index is 15.1. The lowest BCUT2D eigenvalue weighted by Crippen LogP contribution is -2.08. The van der Waals surface area contributed by atoms with Gasteiger partial charge in [-0.1, -0.05) is 94.3 Å². The van der Waals surface area contributed by atoms with Crippen molar-refractivity contribution in [3.05, 3.63) is 89.2 Å². The summed E-state index contributed by atoms with van der Waals surface area (Å²) in [5, 5.41) is 9.86. The second-order valence-electron chi connectivity index (χ2n) is 7.28. The van der Waals surface area contributed by atoms with Gasteiger partial charge in [-0.3, -0.25) is 0 Å². The molecule has 0 aliphatic rings. The van der Waals surface area contributed by atoms with Gasteiger partial charge in [-0.05, 0) is 18.1 Å². The number of aliphatic hydroxyl groups is 1. The van der Waals surface area contributed by atoms with E-state index in [0.29, 0.717) is 11.4 Å². The van der Waals surface area contributed by atoms with E-state index < -0.39 is 17.6 Å². The van der Waals surface area contributed by atoms with E-state index in [9.17, 15) is 9.50 Å². The summed E-state index contributed by atoms with van der Waals surface area (Å²) in [7, 11) is 0. The predicted octanol–water partition coefficient (Wildman–Crippen LogP) is 7.20. The molecule has 4 rings (SSSR count). The van der Waals surface area contributed by atoms with E-state index in [4.69, 9.17) is 4.79 Å². The van der Waals surface area contributed by atoms with Gasteiger partial charge < -0.3 is 14.9 Å². The molecule has 0 bridgehead atoms. The van der Waals surface area contributed by atoms with Gasteiger partial charge in [0.2, 0.25) is 0 Å². The molecule has 2 N–H and O–H groups in total. The fourth-order valence-corrected chi connectivity index (χ4v) is 3.28. The van der Waals surface area contributed by atoms with E-state index in [2.05, 4.69) is 23.8 Å². The average molecular weight is 469 g/mol. The Morgan fingerprint density at radius 3 is 2.09 bits per heavy atom. The molecule has 0 saturated carbocycles. The zero-order valence-corrected chi connectivity index (χ0v) is 20.5. The molecule has 0 aliphatic carbocycles. The van der Waals surface area contributed by atoms with E-state index in [1.54, 1.807) is 30.3 Å². The first-order chi connectivity index (χ1) is 16.5. The first kappa shape index (κ1) is 28.7. The summed E-state index contributed by atoms with van der Waals surface area (Å²) in [6, 6.07) is 17.5. The predicted molar refractivity (Wildman–Crippen MR) is 136 cm³/mol. The molecule has 4 aromatic rings. The summed E-state index contributed by atoms with van der Waals surface area (Å²) >= 11 is 0. The number of nitrogens with zero attached hydrogens (tertiary/aromatic N) is 1. The molecule has 0 radical (unpaired) electrons. The highest BCUT2D eigenvalue weighted by Gasteiger charge is 2.22. The van der Waals surface area contributed by atoms with Crippen LogP contribution in [0.4, 0.5) is 8.78 Å². The van der Waals surface area contributed by atoms with Gasteiger partial charge in [0, 0.05) is 6.07 Å². The van der Waals surface area contributed by atoms with Gasteiger partial charge in [0.25, 0.3) is 0 Å². The normalized spacial score (nSPS) is 10.7. The Balaban J connectivity index is 0.000000750. The SMILES string of the molecule is C=O.CC.CCC.Cc1ccc(C(CO)c2nc3c(F)c(-c4ccccc4)c(F)cc3[nH]2)cc1. The van der Waals surface area contributed by atoms with Crippen LogP contribution in [0.5, 0.6) is 0 Å². The lowest BCUT2D eigenvalue weighted by Gasteiger charge is -2.12. The lowest BCUT2D eigenvalue weighted by molar-refractivity contribution is -0.0980. The van der Waals surface area contributed by atoms with E-state index in [1.807, 2.05) is 51.8 Å². The number of rotatable bonds is 4. The van der Waals surface area contributed by atoms with Gasteiger partial charge in [-0.2, -0.15) is 0 Å². The third kappa shape index (κ3) is 6.81. The van der Waals surface area contributed by atoms with Gasteiger partial charge in [0.15, 0.2) is 5.82 Å². The number of aliphatic hydroxyl groups excluding tert-OH is 1. The number of aromatic amines is 1. The average Bonchev–Trinajstić information content (AvgIpc) is 3.28. The summed E-state index contributed by atoms with van der Waals surface area (Å²) in [5.74, 6) is -1.41. The number of fused-ring (bicyclic) bond motifs is 1. The van der Waals surface area contributed by atoms with Crippen molar-refractivity contribution in [3.8, 4) is 11.1 Å². The Kier molecular flexibility index (Phi) is 12.4. The standard InChI is InChI=1S/C22H18F2N2O.C3H8.C2H6.CH2O/c1-13-7-9-14(10-8-13)16(12-27)22-25-18-11-17(23)19(20(24)21(18)26-22)15-5-3-2-4-6-15;1-3-2;2*1-2/h2-11,16,27H,12H2,1H3,(H,25,26);3H2,1-2H3;1-2H3;1H2. The maximum Gasteiger partial charge on any atom is 0.161 e. The molecule has 182 valence electrons. The highest BCUT2D eigenvalue weighted by Crippen LogP contribution is 2.32. The molecule has 6 heteroatoms. The van der Waals surface area contributed by atoms with E-state index in [0.717, 1.165) is 11.1 Å². The van der Waals surface area contributed by atoms with Gasteiger partial charge >= 0.3 is 0 Å². The smallest absolute Gasteiger partial charge is 0.161 e. The molecule has 3 aromatic carbocycles. The Hall–Kier alpha value is -3.38. The molecular formula is C28H34F2N2O2. The molecule has 0 fully saturated rings. The molecule has 0 spiro atoms. The van der Waals surface area contributed by atoms with Crippen molar-refractivity contribution in [1.29, 1.82) is 0 Å². The summed E-state index contributed by atoms with van der Waals surface area (Å²) < 4.78 is 29.7. The zero-order valence-electron chi connectivity index (χ0n) is 20.5. The van der Waals surface area contributed by atoms with Crippen molar-refractivity contribution in [2.75, 3.05) is 6.61 Å². The molecule has 0 saturated heterocycles.